The number of carbonyl (C=O) groups excluding carboxylic acids is 1. The number of fused-ring (bicyclic) bond motifs is 1. The van der Waals surface area contributed by atoms with Crippen LogP contribution >= 0.6 is 0 Å². The molecule has 126 valence electrons. The Labute approximate surface area is 139 Å². The molecule has 0 radical (unpaired) electrons. The van der Waals surface area contributed by atoms with Gasteiger partial charge in [0, 0.05) is 36.1 Å². The molecule has 24 heavy (non-hydrogen) atoms. The maximum absolute atomic E-state index is 12.3. The first-order chi connectivity index (χ1) is 11.2. The lowest BCUT2D eigenvalue weighted by Gasteiger charge is -2.45. The largest absolute Gasteiger partial charge is 0.389 e. The van der Waals surface area contributed by atoms with Crippen LogP contribution in [0.1, 0.15) is 38.7 Å². The van der Waals surface area contributed by atoms with Gasteiger partial charge in [0.2, 0.25) is 0 Å². The summed E-state index contributed by atoms with van der Waals surface area (Å²) in [5.74, 6) is -1.45. The lowest BCUT2D eigenvalue weighted by molar-refractivity contribution is -0.385. The van der Waals surface area contributed by atoms with Crippen molar-refractivity contribution >= 4 is 22.9 Å². The monoisotopic (exact) mass is 329 g/mol. The van der Waals surface area contributed by atoms with Crippen LogP contribution in [-0.4, -0.2) is 32.8 Å². The molecule has 0 bridgehead atoms. The molecular formula is C17H19N3O4. The molecule has 4 atom stereocenters. The van der Waals surface area contributed by atoms with Gasteiger partial charge in [-0.15, -0.1) is 0 Å². The second kappa shape index (κ2) is 5.59. The standard InChI is InChI=1S/C17H19N3O4/c1-9-14-13(19-18-9)8-17(3,22)16(10(2)21)15(14)11-5-4-6-12(7-11)20(23)24/h4-7,14-16,22H,8H2,1-3H3/t14-,15-,16-,17+/m1/s1. The van der Waals surface area contributed by atoms with Gasteiger partial charge in [0.1, 0.15) is 5.78 Å². The molecule has 1 fully saturated rings. The topological polar surface area (TPSA) is 105 Å². The normalized spacial score (nSPS) is 31.9. The summed E-state index contributed by atoms with van der Waals surface area (Å²) in [6.45, 7) is 4.91. The summed E-state index contributed by atoms with van der Waals surface area (Å²) in [6.07, 6.45) is 0.272. The Kier molecular flexibility index (Phi) is 3.83. The second-order valence-electron chi connectivity index (χ2n) is 6.81. The highest BCUT2D eigenvalue weighted by Gasteiger charge is 2.53. The van der Waals surface area contributed by atoms with Crippen molar-refractivity contribution in [1.82, 2.24) is 0 Å². The number of hydrogen-bond acceptors (Lipinski definition) is 6. The summed E-state index contributed by atoms with van der Waals surface area (Å²) >= 11 is 0. The van der Waals surface area contributed by atoms with E-state index in [4.69, 9.17) is 0 Å². The van der Waals surface area contributed by atoms with Crippen molar-refractivity contribution in [3.8, 4) is 0 Å². The number of Topliss-reactive ketones (excluding diaryl/α,β-unsaturated/α-hetero) is 1. The van der Waals surface area contributed by atoms with Gasteiger partial charge in [-0.1, -0.05) is 12.1 Å². The van der Waals surface area contributed by atoms with Crippen molar-refractivity contribution in [3.05, 3.63) is 39.9 Å². The Morgan fingerprint density at radius 1 is 1.42 bits per heavy atom. The summed E-state index contributed by atoms with van der Waals surface area (Å²) < 4.78 is 0. The van der Waals surface area contributed by atoms with Gasteiger partial charge in [-0.2, -0.15) is 10.2 Å². The molecule has 1 aromatic carbocycles. The van der Waals surface area contributed by atoms with Gasteiger partial charge in [-0.25, -0.2) is 0 Å². The van der Waals surface area contributed by atoms with Crippen LogP contribution in [0.25, 0.3) is 0 Å². The van der Waals surface area contributed by atoms with Gasteiger partial charge in [0.05, 0.1) is 22.2 Å². The number of nitro groups is 1. The van der Waals surface area contributed by atoms with Gasteiger partial charge < -0.3 is 5.11 Å². The van der Waals surface area contributed by atoms with Gasteiger partial charge >= 0.3 is 0 Å². The average Bonchev–Trinajstić information content (AvgIpc) is 2.85. The summed E-state index contributed by atoms with van der Waals surface area (Å²) in [5, 5.41) is 30.3. The molecular weight excluding hydrogens is 310 g/mol. The van der Waals surface area contributed by atoms with E-state index in [9.17, 15) is 20.0 Å². The summed E-state index contributed by atoms with van der Waals surface area (Å²) in [5.41, 5.74) is 0.843. The number of carbonyl (C=O) groups is 1. The Morgan fingerprint density at radius 3 is 2.75 bits per heavy atom. The number of rotatable bonds is 3. The minimum Gasteiger partial charge on any atom is -0.389 e. The van der Waals surface area contributed by atoms with Crippen LogP contribution in [0.15, 0.2) is 34.5 Å². The predicted molar refractivity (Wildman–Crippen MR) is 89.3 cm³/mol. The van der Waals surface area contributed by atoms with Gasteiger partial charge in [0.15, 0.2) is 0 Å². The summed E-state index contributed by atoms with van der Waals surface area (Å²) in [7, 11) is 0. The van der Waals surface area contributed by atoms with E-state index in [-0.39, 0.29) is 23.8 Å². The van der Waals surface area contributed by atoms with E-state index >= 15 is 0 Å². The highest BCUT2D eigenvalue weighted by Crippen LogP contribution is 2.48. The van der Waals surface area contributed by atoms with Crippen molar-refractivity contribution in [1.29, 1.82) is 0 Å². The predicted octanol–water partition coefficient (Wildman–Crippen LogP) is 2.49. The van der Waals surface area contributed by atoms with Gasteiger partial charge in [0.25, 0.3) is 5.69 Å². The zero-order valence-electron chi connectivity index (χ0n) is 13.8. The van der Waals surface area contributed by atoms with Crippen LogP contribution < -0.4 is 0 Å². The minimum absolute atomic E-state index is 0.0360. The highest BCUT2D eigenvalue weighted by molar-refractivity contribution is 6.12. The highest BCUT2D eigenvalue weighted by atomic mass is 16.6. The number of nitro benzene ring substituents is 1. The number of non-ortho nitro benzene ring substituents is 1. The van der Waals surface area contributed by atoms with E-state index in [2.05, 4.69) is 10.2 Å². The second-order valence-corrected chi connectivity index (χ2v) is 6.81. The molecule has 7 heteroatoms. The summed E-state index contributed by atoms with van der Waals surface area (Å²) in [4.78, 5) is 23.0. The quantitative estimate of drug-likeness (QED) is 0.679. The van der Waals surface area contributed by atoms with Crippen LogP contribution in [0, 0.1) is 22.0 Å². The van der Waals surface area contributed by atoms with Gasteiger partial charge in [-0.05, 0) is 26.3 Å². The molecule has 1 N–H and O–H groups in total. The SMILES string of the molecule is CC(=O)[C@@H]1[C@H](c2cccc([N+](=O)[O-])c2)[C@@H]2C(C)=NN=C2C[C@]1(C)O. The average molecular weight is 329 g/mol. The smallest absolute Gasteiger partial charge is 0.269 e. The Hall–Kier alpha value is -2.41. The van der Waals surface area contributed by atoms with Crippen LogP contribution in [0.3, 0.4) is 0 Å². The van der Waals surface area contributed by atoms with E-state index in [1.807, 2.05) is 6.92 Å². The van der Waals surface area contributed by atoms with Crippen LogP contribution in [0.5, 0.6) is 0 Å². The molecule has 0 unspecified atom stereocenters. The van der Waals surface area contributed by atoms with Crippen LogP contribution in [0.2, 0.25) is 0 Å². The molecule has 7 nitrogen and oxygen atoms in total. The zero-order valence-corrected chi connectivity index (χ0v) is 13.8. The molecule has 3 rings (SSSR count). The van der Waals surface area contributed by atoms with Crippen molar-refractivity contribution in [2.45, 2.75) is 38.7 Å². The maximum Gasteiger partial charge on any atom is 0.269 e. The number of nitrogens with zero attached hydrogens (tertiary/aromatic N) is 3. The van der Waals surface area contributed by atoms with Gasteiger partial charge in [-0.3, -0.25) is 14.9 Å². The van der Waals surface area contributed by atoms with Crippen LogP contribution in [-0.2, 0) is 4.79 Å². The molecule has 1 aliphatic heterocycles. The molecule has 0 spiro atoms. The number of hydrogen-bond donors (Lipinski definition) is 1. The first-order valence-corrected chi connectivity index (χ1v) is 7.80. The Balaban J connectivity index is 2.17. The van der Waals surface area contributed by atoms with Crippen molar-refractivity contribution in [2.24, 2.45) is 22.0 Å². The molecule has 1 saturated carbocycles. The lowest BCUT2D eigenvalue weighted by atomic mass is 9.59. The van der Waals surface area contributed by atoms with Crippen LogP contribution in [0.4, 0.5) is 5.69 Å². The fraction of sp³-hybridized carbons (Fsp3) is 0.471. The molecule has 1 heterocycles. The maximum atomic E-state index is 12.3. The zero-order chi connectivity index (χ0) is 17.6. The van der Waals surface area contributed by atoms with E-state index in [0.717, 1.165) is 11.4 Å². The molecule has 0 aromatic heterocycles. The fourth-order valence-corrected chi connectivity index (χ4v) is 4.10. The Morgan fingerprint density at radius 2 is 2.12 bits per heavy atom. The molecule has 0 saturated heterocycles. The van der Waals surface area contributed by atoms with E-state index in [1.165, 1.54) is 19.1 Å². The lowest BCUT2D eigenvalue weighted by Crippen LogP contribution is -2.53. The molecule has 0 amide bonds. The molecule has 2 aliphatic rings. The fourth-order valence-electron chi connectivity index (χ4n) is 4.10. The summed E-state index contributed by atoms with van der Waals surface area (Å²) in [6, 6.07) is 6.26. The van der Waals surface area contributed by atoms with E-state index < -0.39 is 22.4 Å². The minimum atomic E-state index is -1.27. The van der Waals surface area contributed by atoms with Crippen molar-refractivity contribution < 1.29 is 14.8 Å². The third-order valence-corrected chi connectivity index (χ3v) is 4.98. The number of ketones is 1. The molecule has 1 aromatic rings. The van der Waals surface area contributed by atoms with E-state index in [1.54, 1.807) is 19.1 Å². The third-order valence-electron chi connectivity index (χ3n) is 4.98. The number of benzene rings is 1. The Bertz CT molecular complexity index is 782. The van der Waals surface area contributed by atoms with Crippen molar-refractivity contribution in [2.75, 3.05) is 0 Å². The molecule has 1 aliphatic carbocycles. The first-order valence-electron chi connectivity index (χ1n) is 7.80. The number of aliphatic hydroxyl groups is 1. The third kappa shape index (κ3) is 2.54. The van der Waals surface area contributed by atoms with Crippen molar-refractivity contribution in [3.63, 3.8) is 0 Å². The van der Waals surface area contributed by atoms with E-state index in [0.29, 0.717) is 5.56 Å². The first kappa shape index (κ1) is 16.4.